The monoisotopic (exact) mass is 254 g/mol. The van der Waals surface area contributed by atoms with E-state index >= 15 is 0 Å². The van der Waals surface area contributed by atoms with E-state index in [9.17, 15) is 18.0 Å². The number of nitrogens with one attached hydrogen (secondary N) is 1. The molecule has 0 atom stereocenters. The molecule has 0 saturated heterocycles. The fourth-order valence-corrected chi connectivity index (χ4v) is 1.62. The lowest BCUT2D eigenvalue weighted by Crippen LogP contribution is -2.21. The molecule has 0 saturated carbocycles. The van der Waals surface area contributed by atoms with Gasteiger partial charge in [-0.05, 0) is 5.56 Å². The predicted molar refractivity (Wildman–Crippen MR) is 59.1 cm³/mol. The van der Waals surface area contributed by atoms with Gasteiger partial charge >= 0.3 is 11.9 Å². The van der Waals surface area contributed by atoms with Crippen molar-refractivity contribution >= 4 is 0 Å². The summed E-state index contributed by atoms with van der Waals surface area (Å²) in [5, 5.41) is 0. The minimum Gasteiger partial charge on any atom is -0.301 e. The first-order valence-corrected chi connectivity index (χ1v) is 5.16. The summed E-state index contributed by atoms with van der Waals surface area (Å²) in [6.45, 7) is 0. The summed E-state index contributed by atoms with van der Waals surface area (Å²) >= 11 is 0. The van der Waals surface area contributed by atoms with Crippen LogP contribution in [0.2, 0.25) is 0 Å². The van der Waals surface area contributed by atoms with Crippen molar-refractivity contribution in [3.8, 4) is 0 Å². The lowest BCUT2D eigenvalue weighted by Gasteiger charge is -2.11. The molecule has 0 aliphatic carbocycles. The molecule has 3 nitrogen and oxygen atoms in total. The van der Waals surface area contributed by atoms with Crippen molar-refractivity contribution in [2.75, 3.05) is 0 Å². The number of rotatable bonds is 2. The van der Waals surface area contributed by atoms with Gasteiger partial charge in [-0.25, -0.2) is 9.78 Å². The fourth-order valence-electron chi connectivity index (χ4n) is 1.62. The van der Waals surface area contributed by atoms with Crippen LogP contribution in [-0.4, -0.2) is 9.97 Å². The van der Waals surface area contributed by atoms with E-state index in [4.69, 9.17) is 0 Å². The normalized spacial score (nSPS) is 11.5. The maximum absolute atomic E-state index is 12.7. The minimum absolute atomic E-state index is 0.0479. The van der Waals surface area contributed by atoms with Crippen molar-refractivity contribution in [1.82, 2.24) is 9.97 Å². The van der Waals surface area contributed by atoms with Gasteiger partial charge in [-0.15, -0.1) is 0 Å². The Kier molecular flexibility index (Phi) is 3.18. The van der Waals surface area contributed by atoms with Crippen molar-refractivity contribution in [2.45, 2.75) is 12.6 Å². The number of benzene rings is 1. The van der Waals surface area contributed by atoms with Crippen molar-refractivity contribution in [3.63, 3.8) is 0 Å². The SMILES string of the molecule is O=c1ncc(Cc2ccccc2)c(C(F)(F)F)[nH]1. The zero-order chi connectivity index (χ0) is 13.2. The molecule has 94 valence electrons. The van der Waals surface area contributed by atoms with Crippen LogP contribution >= 0.6 is 0 Å². The highest BCUT2D eigenvalue weighted by molar-refractivity contribution is 5.28. The molecule has 1 aromatic carbocycles. The van der Waals surface area contributed by atoms with Crippen LogP contribution in [0.4, 0.5) is 13.2 Å². The number of halogens is 3. The standard InChI is InChI=1S/C12H9F3N2O/c13-12(14,15)10-9(7-16-11(18)17-10)6-8-4-2-1-3-5-8/h1-5,7H,6H2,(H,16,17,18). The summed E-state index contributed by atoms with van der Waals surface area (Å²) in [6, 6.07) is 8.68. The molecule has 0 radical (unpaired) electrons. The maximum atomic E-state index is 12.7. The van der Waals surface area contributed by atoms with E-state index in [2.05, 4.69) is 4.98 Å². The van der Waals surface area contributed by atoms with Crippen LogP contribution < -0.4 is 5.69 Å². The van der Waals surface area contributed by atoms with Crippen molar-refractivity contribution < 1.29 is 13.2 Å². The Bertz CT molecular complexity index is 590. The molecular weight excluding hydrogens is 245 g/mol. The highest BCUT2D eigenvalue weighted by Crippen LogP contribution is 2.30. The number of nitrogens with zero attached hydrogens (tertiary/aromatic N) is 1. The Morgan fingerprint density at radius 3 is 2.44 bits per heavy atom. The van der Waals surface area contributed by atoms with Crippen LogP contribution in [-0.2, 0) is 12.6 Å². The van der Waals surface area contributed by atoms with Gasteiger partial charge in [0.05, 0.1) is 0 Å². The van der Waals surface area contributed by atoms with E-state index in [1.807, 2.05) is 0 Å². The molecule has 0 aliphatic heterocycles. The molecule has 1 N–H and O–H groups in total. The molecule has 0 bridgehead atoms. The molecule has 0 aliphatic rings. The van der Waals surface area contributed by atoms with E-state index in [-0.39, 0.29) is 12.0 Å². The van der Waals surface area contributed by atoms with Crippen molar-refractivity contribution in [2.24, 2.45) is 0 Å². The highest BCUT2D eigenvalue weighted by atomic mass is 19.4. The van der Waals surface area contributed by atoms with Crippen molar-refractivity contribution in [1.29, 1.82) is 0 Å². The summed E-state index contributed by atoms with van der Waals surface area (Å²) in [5.41, 5.74) is -1.37. The molecule has 6 heteroatoms. The fraction of sp³-hybridized carbons (Fsp3) is 0.167. The smallest absolute Gasteiger partial charge is 0.301 e. The van der Waals surface area contributed by atoms with Crippen LogP contribution in [0.5, 0.6) is 0 Å². The highest BCUT2D eigenvalue weighted by Gasteiger charge is 2.34. The third kappa shape index (κ3) is 2.77. The Morgan fingerprint density at radius 2 is 1.83 bits per heavy atom. The van der Waals surface area contributed by atoms with Gasteiger partial charge in [0, 0.05) is 18.2 Å². The van der Waals surface area contributed by atoms with Crippen LogP contribution in [0.15, 0.2) is 41.3 Å². The predicted octanol–water partition coefficient (Wildman–Crippen LogP) is 2.38. The zero-order valence-corrected chi connectivity index (χ0v) is 9.16. The first-order chi connectivity index (χ1) is 8.47. The third-order valence-electron chi connectivity index (χ3n) is 2.41. The molecule has 1 heterocycles. The lowest BCUT2D eigenvalue weighted by molar-refractivity contribution is -0.142. The molecule has 0 unspecified atom stereocenters. The summed E-state index contributed by atoms with van der Waals surface area (Å²) in [5.74, 6) is 0. The van der Waals surface area contributed by atoms with Gasteiger partial charge in [-0.3, -0.25) is 0 Å². The number of H-pyrrole nitrogens is 1. The maximum Gasteiger partial charge on any atom is 0.431 e. The van der Waals surface area contributed by atoms with Gasteiger partial charge in [-0.1, -0.05) is 30.3 Å². The average molecular weight is 254 g/mol. The van der Waals surface area contributed by atoms with Gasteiger partial charge < -0.3 is 4.98 Å². The Morgan fingerprint density at radius 1 is 1.17 bits per heavy atom. The van der Waals surface area contributed by atoms with E-state index in [0.29, 0.717) is 0 Å². The van der Waals surface area contributed by atoms with Crippen molar-refractivity contribution in [3.05, 3.63) is 63.8 Å². The third-order valence-corrected chi connectivity index (χ3v) is 2.41. The first kappa shape index (κ1) is 12.3. The summed E-state index contributed by atoms with van der Waals surface area (Å²) in [7, 11) is 0. The number of aromatic nitrogens is 2. The Labute approximate surface area is 100 Å². The molecule has 0 amide bonds. The second-order valence-electron chi connectivity index (χ2n) is 3.75. The number of hydrogen-bond acceptors (Lipinski definition) is 2. The number of alkyl halides is 3. The van der Waals surface area contributed by atoms with Gasteiger partial charge in [0.25, 0.3) is 0 Å². The van der Waals surface area contributed by atoms with Gasteiger partial charge in [-0.2, -0.15) is 13.2 Å². The summed E-state index contributed by atoms with van der Waals surface area (Å²) in [6.07, 6.45) is -3.56. The van der Waals surface area contributed by atoms with Crippen LogP contribution in [0, 0.1) is 0 Å². The summed E-state index contributed by atoms with van der Waals surface area (Å²) in [4.78, 5) is 16.0. The lowest BCUT2D eigenvalue weighted by atomic mass is 10.0. The molecule has 2 rings (SSSR count). The second-order valence-corrected chi connectivity index (χ2v) is 3.75. The van der Waals surface area contributed by atoms with Crippen LogP contribution in [0.25, 0.3) is 0 Å². The average Bonchev–Trinajstić information content (AvgIpc) is 2.31. The summed E-state index contributed by atoms with van der Waals surface area (Å²) < 4.78 is 38.2. The van der Waals surface area contributed by atoms with E-state index in [1.54, 1.807) is 35.3 Å². The topological polar surface area (TPSA) is 45.8 Å². The minimum atomic E-state index is -4.59. The quantitative estimate of drug-likeness (QED) is 0.894. The molecule has 2 aromatic rings. The number of hydrogen-bond donors (Lipinski definition) is 1. The number of aromatic amines is 1. The van der Waals surface area contributed by atoms with Gasteiger partial charge in [0.15, 0.2) is 0 Å². The second kappa shape index (κ2) is 4.64. The van der Waals surface area contributed by atoms with Gasteiger partial charge in [0.2, 0.25) is 0 Å². The molecular formula is C12H9F3N2O. The largest absolute Gasteiger partial charge is 0.431 e. The molecule has 0 fully saturated rings. The van der Waals surface area contributed by atoms with E-state index in [1.165, 1.54) is 0 Å². The molecule has 18 heavy (non-hydrogen) atoms. The first-order valence-electron chi connectivity index (χ1n) is 5.16. The zero-order valence-electron chi connectivity index (χ0n) is 9.16. The Hall–Kier alpha value is -2.11. The van der Waals surface area contributed by atoms with E-state index < -0.39 is 17.6 Å². The Balaban J connectivity index is 2.42. The molecule has 0 spiro atoms. The van der Waals surface area contributed by atoms with Gasteiger partial charge in [0.1, 0.15) is 5.69 Å². The van der Waals surface area contributed by atoms with E-state index in [0.717, 1.165) is 11.8 Å². The van der Waals surface area contributed by atoms with Crippen LogP contribution in [0.1, 0.15) is 16.8 Å². The van der Waals surface area contributed by atoms with Crippen LogP contribution in [0.3, 0.4) is 0 Å². The molecule has 1 aromatic heterocycles.